The maximum absolute atomic E-state index is 6.22. The standard InChI is InChI=1S/C22H25N7O/c1-16-17(2)29-13-18(12-19(22(29)23-16)27-10-8-25(3)14-27)30-21-7-5-6-20(24-21)28-11-9-26(4)15-28/h5-13H,14-15H2,1-4H3. The molecule has 0 N–H and O–H groups in total. The smallest absolute Gasteiger partial charge is 0.221 e. The normalized spacial score (nSPS) is 15.9. The zero-order chi connectivity index (χ0) is 20.8. The summed E-state index contributed by atoms with van der Waals surface area (Å²) in [6.45, 7) is 5.65. The summed E-state index contributed by atoms with van der Waals surface area (Å²) in [5, 5.41) is 0. The van der Waals surface area contributed by atoms with E-state index in [0.29, 0.717) is 5.88 Å². The number of nitrogens with zero attached hydrogens (tertiary/aromatic N) is 7. The van der Waals surface area contributed by atoms with Gasteiger partial charge in [0.2, 0.25) is 5.88 Å². The second kappa shape index (κ2) is 6.98. The Bertz CT molecular complexity index is 1170. The monoisotopic (exact) mass is 403 g/mol. The van der Waals surface area contributed by atoms with Gasteiger partial charge in [-0.2, -0.15) is 4.98 Å². The fraction of sp³-hybridized carbons (Fsp3) is 0.273. The van der Waals surface area contributed by atoms with Gasteiger partial charge in [-0.3, -0.25) is 4.40 Å². The van der Waals surface area contributed by atoms with Gasteiger partial charge in [-0.1, -0.05) is 6.07 Å². The Kier molecular flexibility index (Phi) is 4.27. The molecule has 3 aromatic heterocycles. The van der Waals surface area contributed by atoms with E-state index in [1.165, 1.54) is 0 Å². The Morgan fingerprint density at radius 1 is 0.900 bits per heavy atom. The molecule has 0 unspecified atom stereocenters. The van der Waals surface area contributed by atoms with Gasteiger partial charge in [0.25, 0.3) is 0 Å². The molecular formula is C22H25N7O. The molecule has 30 heavy (non-hydrogen) atoms. The first-order valence-electron chi connectivity index (χ1n) is 9.92. The molecule has 0 bridgehead atoms. The van der Waals surface area contributed by atoms with Crippen molar-refractivity contribution in [2.24, 2.45) is 0 Å². The van der Waals surface area contributed by atoms with Gasteiger partial charge >= 0.3 is 0 Å². The first-order chi connectivity index (χ1) is 14.5. The van der Waals surface area contributed by atoms with Crippen molar-refractivity contribution in [2.45, 2.75) is 13.8 Å². The first kappa shape index (κ1) is 18.4. The van der Waals surface area contributed by atoms with Gasteiger partial charge in [0.05, 0.1) is 30.9 Å². The van der Waals surface area contributed by atoms with Crippen LogP contribution in [0.25, 0.3) is 5.65 Å². The lowest BCUT2D eigenvalue weighted by Crippen LogP contribution is -2.22. The number of rotatable bonds is 4. The predicted molar refractivity (Wildman–Crippen MR) is 117 cm³/mol. The summed E-state index contributed by atoms with van der Waals surface area (Å²) in [5.74, 6) is 2.14. The summed E-state index contributed by atoms with van der Waals surface area (Å²) in [6, 6.07) is 7.86. The lowest BCUT2D eigenvalue weighted by molar-refractivity contribution is 0.457. The quantitative estimate of drug-likeness (QED) is 0.661. The Hall–Kier alpha value is -3.68. The van der Waals surface area contributed by atoms with Crippen LogP contribution in [0.5, 0.6) is 11.6 Å². The number of hydrogen-bond acceptors (Lipinski definition) is 7. The summed E-state index contributed by atoms with van der Waals surface area (Å²) in [4.78, 5) is 17.9. The summed E-state index contributed by atoms with van der Waals surface area (Å²) in [5.41, 5.74) is 4.03. The molecule has 0 amide bonds. The first-order valence-corrected chi connectivity index (χ1v) is 9.92. The molecule has 0 saturated heterocycles. The van der Waals surface area contributed by atoms with Crippen LogP contribution in [0.15, 0.2) is 55.3 Å². The average Bonchev–Trinajstić information content (AvgIpc) is 3.43. The van der Waals surface area contributed by atoms with Gasteiger partial charge in [0, 0.05) is 56.7 Å². The number of hydrogen-bond donors (Lipinski definition) is 0. The lowest BCUT2D eigenvalue weighted by atomic mass is 10.3. The van der Waals surface area contributed by atoms with Gasteiger partial charge in [0.1, 0.15) is 11.6 Å². The fourth-order valence-electron chi connectivity index (χ4n) is 3.70. The van der Waals surface area contributed by atoms with Crippen LogP contribution < -0.4 is 14.5 Å². The maximum atomic E-state index is 6.22. The maximum Gasteiger partial charge on any atom is 0.221 e. The third kappa shape index (κ3) is 3.20. The average molecular weight is 403 g/mol. The van der Waals surface area contributed by atoms with Crippen LogP contribution in [0.2, 0.25) is 0 Å². The molecular weight excluding hydrogens is 378 g/mol. The molecule has 0 aromatic carbocycles. The van der Waals surface area contributed by atoms with Gasteiger partial charge in [0.15, 0.2) is 5.65 Å². The van der Waals surface area contributed by atoms with Crippen molar-refractivity contribution in [3.8, 4) is 11.6 Å². The van der Waals surface area contributed by atoms with E-state index < -0.39 is 0 Å². The number of fused-ring (bicyclic) bond motifs is 1. The molecule has 0 radical (unpaired) electrons. The second-order valence-electron chi connectivity index (χ2n) is 7.81. The Morgan fingerprint density at radius 3 is 2.33 bits per heavy atom. The molecule has 154 valence electrons. The zero-order valence-corrected chi connectivity index (χ0v) is 17.6. The SMILES string of the molecule is Cc1nc2c(N3C=CN(C)C3)cc(Oc3cccc(N4C=CN(C)C4)n3)cn2c1C. The van der Waals surface area contributed by atoms with E-state index in [-0.39, 0.29) is 0 Å². The van der Waals surface area contributed by atoms with Crippen molar-refractivity contribution < 1.29 is 4.74 Å². The van der Waals surface area contributed by atoms with E-state index in [1.54, 1.807) is 0 Å². The number of aryl methyl sites for hydroxylation is 2. The number of aromatic nitrogens is 3. The van der Waals surface area contributed by atoms with Gasteiger partial charge in [-0.05, 0) is 19.9 Å². The van der Waals surface area contributed by atoms with E-state index in [2.05, 4.69) is 50.4 Å². The van der Waals surface area contributed by atoms with E-state index in [9.17, 15) is 0 Å². The van der Waals surface area contributed by atoms with E-state index in [1.807, 2.05) is 56.8 Å². The van der Waals surface area contributed by atoms with Gasteiger partial charge in [-0.25, -0.2) is 4.98 Å². The van der Waals surface area contributed by atoms with Crippen molar-refractivity contribution in [1.29, 1.82) is 0 Å². The molecule has 0 spiro atoms. The van der Waals surface area contributed by atoms with Crippen LogP contribution in [-0.4, -0.2) is 51.6 Å². The van der Waals surface area contributed by atoms with E-state index >= 15 is 0 Å². The number of pyridine rings is 2. The molecule has 0 atom stereocenters. The van der Waals surface area contributed by atoms with Crippen LogP contribution in [-0.2, 0) is 0 Å². The minimum Gasteiger partial charge on any atom is -0.437 e. The minimum atomic E-state index is 0.560. The molecule has 0 aliphatic carbocycles. The predicted octanol–water partition coefficient (Wildman–Crippen LogP) is 3.50. The summed E-state index contributed by atoms with van der Waals surface area (Å²) in [6.07, 6.45) is 10.1. The third-order valence-corrected chi connectivity index (χ3v) is 5.44. The number of ether oxygens (including phenoxy) is 1. The zero-order valence-electron chi connectivity index (χ0n) is 17.6. The minimum absolute atomic E-state index is 0.560. The highest BCUT2D eigenvalue weighted by Crippen LogP contribution is 2.32. The molecule has 2 aliphatic rings. The van der Waals surface area contributed by atoms with Crippen LogP contribution in [0.4, 0.5) is 11.5 Å². The topological polar surface area (TPSA) is 52.4 Å². The van der Waals surface area contributed by atoms with Crippen molar-refractivity contribution >= 4 is 17.2 Å². The highest BCUT2D eigenvalue weighted by atomic mass is 16.5. The van der Waals surface area contributed by atoms with E-state index in [0.717, 1.165) is 47.6 Å². The molecule has 0 fully saturated rings. The number of imidazole rings is 1. The summed E-state index contributed by atoms with van der Waals surface area (Å²) < 4.78 is 8.31. The molecule has 8 nitrogen and oxygen atoms in total. The number of anilines is 2. The van der Waals surface area contributed by atoms with Crippen LogP contribution in [0, 0.1) is 13.8 Å². The summed E-state index contributed by atoms with van der Waals surface area (Å²) >= 11 is 0. The molecule has 3 aromatic rings. The third-order valence-electron chi connectivity index (χ3n) is 5.44. The molecule has 5 heterocycles. The van der Waals surface area contributed by atoms with Gasteiger partial charge < -0.3 is 24.3 Å². The Balaban J connectivity index is 1.51. The second-order valence-corrected chi connectivity index (χ2v) is 7.81. The van der Waals surface area contributed by atoms with E-state index in [4.69, 9.17) is 14.7 Å². The highest BCUT2D eigenvalue weighted by molar-refractivity contribution is 5.73. The molecule has 2 aliphatic heterocycles. The lowest BCUT2D eigenvalue weighted by Gasteiger charge is -2.20. The molecule has 0 saturated carbocycles. The molecule has 5 rings (SSSR count). The van der Waals surface area contributed by atoms with Crippen molar-refractivity contribution in [2.75, 3.05) is 37.2 Å². The highest BCUT2D eigenvalue weighted by Gasteiger charge is 2.19. The molecule has 8 heteroatoms. The summed E-state index contributed by atoms with van der Waals surface area (Å²) in [7, 11) is 4.09. The van der Waals surface area contributed by atoms with Crippen molar-refractivity contribution in [1.82, 2.24) is 24.2 Å². The van der Waals surface area contributed by atoms with Crippen molar-refractivity contribution in [3.63, 3.8) is 0 Å². The Labute approximate surface area is 175 Å². The van der Waals surface area contributed by atoms with Gasteiger partial charge in [-0.15, -0.1) is 0 Å². The van der Waals surface area contributed by atoms with Crippen LogP contribution in [0.1, 0.15) is 11.4 Å². The fourth-order valence-corrected chi connectivity index (χ4v) is 3.70. The van der Waals surface area contributed by atoms with Crippen LogP contribution in [0.3, 0.4) is 0 Å². The Morgan fingerprint density at radius 2 is 1.63 bits per heavy atom. The largest absolute Gasteiger partial charge is 0.437 e. The van der Waals surface area contributed by atoms with Crippen molar-refractivity contribution in [3.05, 3.63) is 66.6 Å². The van der Waals surface area contributed by atoms with Crippen LogP contribution >= 0.6 is 0 Å².